The van der Waals surface area contributed by atoms with Gasteiger partial charge in [0, 0.05) is 57.5 Å². The molecule has 1 unspecified atom stereocenters. The topological polar surface area (TPSA) is 64.7 Å². The first kappa shape index (κ1) is 20.7. The number of carbonyl (C=O) groups excluding carboxylic acids is 1. The number of piperazine rings is 1. The molecule has 2 aromatic rings. The van der Waals surface area contributed by atoms with Crippen LogP contribution in [0.5, 0.6) is 0 Å². The number of nitrogens with one attached hydrogen (secondary N) is 1. The summed E-state index contributed by atoms with van der Waals surface area (Å²) < 4.78 is 6.35. The summed E-state index contributed by atoms with van der Waals surface area (Å²) >= 11 is 0. The highest BCUT2D eigenvalue weighted by molar-refractivity contribution is 5.93. The Kier molecular flexibility index (Phi) is 5.82. The van der Waals surface area contributed by atoms with Crippen molar-refractivity contribution in [2.75, 3.05) is 52.9 Å². The Morgan fingerprint density at radius 3 is 2.58 bits per heavy atom. The molecule has 3 aliphatic rings. The number of aromatic amines is 1. The van der Waals surface area contributed by atoms with Crippen LogP contribution in [0.1, 0.15) is 36.2 Å². The van der Waals surface area contributed by atoms with Crippen LogP contribution in [-0.4, -0.2) is 95.4 Å². The number of rotatable bonds is 3. The maximum absolute atomic E-state index is 13.1. The second kappa shape index (κ2) is 8.73. The first-order valence-electron chi connectivity index (χ1n) is 11.6. The third-order valence-electron chi connectivity index (χ3n) is 7.36. The molecule has 3 fully saturated rings. The number of nitrogens with zero attached hydrogens (tertiary/aromatic N) is 4. The predicted octanol–water partition coefficient (Wildman–Crippen LogP) is 2.48. The van der Waals surface area contributed by atoms with Crippen molar-refractivity contribution in [2.45, 2.75) is 37.3 Å². The molecular formula is C24H33N5O2. The summed E-state index contributed by atoms with van der Waals surface area (Å²) in [6.07, 6.45) is 4.07. The Morgan fingerprint density at radius 2 is 1.84 bits per heavy atom. The smallest absolute Gasteiger partial charge is 0.271 e. The van der Waals surface area contributed by atoms with E-state index >= 15 is 0 Å². The fourth-order valence-electron chi connectivity index (χ4n) is 5.32. The van der Waals surface area contributed by atoms with E-state index in [1.165, 1.54) is 0 Å². The number of hydrogen-bond acceptors (Lipinski definition) is 5. The number of aromatic nitrogens is 2. The van der Waals surface area contributed by atoms with Gasteiger partial charge in [-0.15, -0.1) is 0 Å². The van der Waals surface area contributed by atoms with Crippen LogP contribution < -0.4 is 0 Å². The molecule has 1 aromatic carbocycles. The van der Waals surface area contributed by atoms with Crippen molar-refractivity contribution in [1.82, 2.24) is 24.9 Å². The van der Waals surface area contributed by atoms with Crippen LogP contribution in [0, 0.1) is 0 Å². The van der Waals surface area contributed by atoms with Gasteiger partial charge in [-0.05, 0) is 38.8 Å². The molecule has 1 atom stereocenters. The molecule has 1 aromatic heterocycles. The lowest BCUT2D eigenvalue weighted by Gasteiger charge is -2.49. The maximum atomic E-state index is 13.1. The molecule has 1 N–H and O–H groups in total. The number of carbonyl (C=O) groups is 1. The van der Waals surface area contributed by atoms with E-state index in [9.17, 15) is 4.79 Å². The van der Waals surface area contributed by atoms with Gasteiger partial charge in [0.25, 0.3) is 5.91 Å². The van der Waals surface area contributed by atoms with Crippen LogP contribution in [0.4, 0.5) is 0 Å². The van der Waals surface area contributed by atoms with E-state index in [1.807, 2.05) is 41.3 Å². The quantitative estimate of drug-likeness (QED) is 0.822. The van der Waals surface area contributed by atoms with E-state index in [0.29, 0.717) is 11.7 Å². The van der Waals surface area contributed by atoms with Crippen LogP contribution in [0.2, 0.25) is 0 Å². The predicted molar refractivity (Wildman–Crippen MR) is 120 cm³/mol. The molecule has 31 heavy (non-hydrogen) atoms. The van der Waals surface area contributed by atoms with Crippen LogP contribution in [0.3, 0.4) is 0 Å². The van der Waals surface area contributed by atoms with Crippen LogP contribution in [-0.2, 0) is 4.74 Å². The van der Waals surface area contributed by atoms with E-state index in [-0.39, 0.29) is 11.5 Å². The van der Waals surface area contributed by atoms with Crippen molar-refractivity contribution in [2.24, 2.45) is 0 Å². The van der Waals surface area contributed by atoms with Crippen LogP contribution >= 0.6 is 0 Å². The zero-order valence-electron chi connectivity index (χ0n) is 18.4. The summed E-state index contributed by atoms with van der Waals surface area (Å²) in [5.74, 6) is 0.0379. The van der Waals surface area contributed by atoms with Crippen molar-refractivity contribution >= 4 is 5.91 Å². The second-order valence-corrected chi connectivity index (χ2v) is 9.34. The van der Waals surface area contributed by atoms with Gasteiger partial charge in [-0.2, -0.15) is 5.10 Å². The Labute approximate surface area is 184 Å². The van der Waals surface area contributed by atoms with E-state index in [1.54, 1.807) is 0 Å². The minimum Gasteiger partial charge on any atom is -0.375 e. The van der Waals surface area contributed by atoms with Gasteiger partial charge in [-0.25, -0.2) is 0 Å². The summed E-state index contributed by atoms with van der Waals surface area (Å²) in [5.41, 5.74) is 2.32. The lowest BCUT2D eigenvalue weighted by atomic mass is 9.81. The molecule has 0 bridgehead atoms. The lowest BCUT2D eigenvalue weighted by molar-refractivity contribution is -0.132. The molecule has 7 nitrogen and oxygen atoms in total. The highest BCUT2D eigenvalue weighted by Crippen LogP contribution is 2.37. The van der Waals surface area contributed by atoms with E-state index in [0.717, 1.165) is 82.8 Å². The summed E-state index contributed by atoms with van der Waals surface area (Å²) in [7, 11) is 2.21. The van der Waals surface area contributed by atoms with Crippen molar-refractivity contribution in [1.29, 1.82) is 0 Å². The Morgan fingerprint density at radius 1 is 1.10 bits per heavy atom. The Bertz CT molecular complexity index is 882. The zero-order valence-corrected chi connectivity index (χ0v) is 18.4. The molecule has 166 valence electrons. The minimum absolute atomic E-state index is 0.0379. The van der Waals surface area contributed by atoms with Crippen molar-refractivity contribution < 1.29 is 9.53 Å². The van der Waals surface area contributed by atoms with Gasteiger partial charge >= 0.3 is 0 Å². The highest BCUT2D eigenvalue weighted by atomic mass is 16.5. The van der Waals surface area contributed by atoms with Crippen molar-refractivity contribution in [3.63, 3.8) is 0 Å². The van der Waals surface area contributed by atoms with E-state index < -0.39 is 0 Å². The number of hydrogen-bond donors (Lipinski definition) is 1. The molecule has 3 aliphatic heterocycles. The van der Waals surface area contributed by atoms with Crippen LogP contribution in [0.25, 0.3) is 11.3 Å². The third kappa shape index (κ3) is 4.40. The number of likely N-dealkylation sites (tertiary alicyclic amines) is 1. The molecule has 0 saturated carbocycles. The maximum Gasteiger partial charge on any atom is 0.271 e. The Hall–Kier alpha value is -2.22. The largest absolute Gasteiger partial charge is 0.375 e. The molecule has 5 rings (SSSR count). The van der Waals surface area contributed by atoms with E-state index in [2.05, 4.69) is 27.0 Å². The van der Waals surface area contributed by atoms with Gasteiger partial charge in [-0.3, -0.25) is 14.8 Å². The monoisotopic (exact) mass is 423 g/mol. The molecular weight excluding hydrogens is 390 g/mol. The number of amides is 1. The van der Waals surface area contributed by atoms with Gasteiger partial charge in [-0.1, -0.05) is 30.3 Å². The molecule has 0 aliphatic carbocycles. The van der Waals surface area contributed by atoms with Gasteiger partial charge in [0.2, 0.25) is 0 Å². The SMILES string of the molecule is CN1CCN(C2CCOC3(CCN(C(=O)c4cc(-c5ccccc5)n[nH]4)CC3)C2)CC1. The summed E-state index contributed by atoms with van der Waals surface area (Å²) in [4.78, 5) is 20.1. The number of piperidine rings is 1. The lowest BCUT2D eigenvalue weighted by Crippen LogP contribution is -2.57. The molecule has 1 amide bonds. The normalized spacial score (nSPS) is 25.1. The fraction of sp³-hybridized carbons (Fsp3) is 0.583. The molecule has 1 spiro atoms. The molecule has 4 heterocycles. The number of ether oxygens (including phenoxy) is 1. The first-order valence-corrected chi connectivity index (χ1v) is 11.6. The second-order valence-electron chi connectivity index (χ2n) is 9.34. The fourth-order valence-corrected chi connectivity index (χ4v) is 5.32. The average Bonchev–Trinajstić information content (AvgIpc) is 3.31. The minimum atomic E-state index is -0.0633. The van der Waals surface area contributed by atoms with Crippen molar-refractivity contribution in [3.8, 4) is 11.3 Å². The molecule has 3 saturated heterocycles. The third-order valence-corrected chi connectivity index (χ3v) is 7.36. The van der Waals surface area contributed by atoms with Gasteiger partial charge in [0.05, 0.1) is 11.3 Å². The summed E-state index contributed by atoms with van der Waals surface area (Å²) in [5, 5.41) is 7.29. The number of benzene rings is 1. The van der Waals surface area contributed by atoms with Crippen molar-refractivity contribution in [3.05, 3.63) is 42.1 Å². The molecule has 7 heteroatoms. The number of likely N-dealkylation sites (N-methyl/N-ethyl adjacent to an activating group) is 1. The average molecular weight is 424 g/mol. The zero-order chi connectivity index (χ0) is 21.3. The van der Waals surface area contributed by atoms with Crippen LogP contribution in [0.15, 0.2) is 36.4 Å². The Balaban J connectivity index is 1.19. The summed E-state index contributed by atoms with van der Waals surface area (Å²) in [6, 6.07) is 12.4. The van der Waals surface area contributed by atoms with Gasteiger partial charge in [0.15, 0.2) is 0 Å². The number of H-pyrrole nitrogens is 1. The highest BCUT2D eigenvalue weighted by Gasteiger charge is 2.43. The molecule has 0 radical (unpaired) electrons. The standard InChI is InChI=1S/C24H33N5O2/c1-27-12-14-28(15-13-27)20-7-16-31-24(18-20)8-10-29(11-9-24)23(30)22-17-21(25-26-22)19-5-3-2-4-6-19/h2-6,17,20H,7-16,18H2,1H3,(H,25,26). The van der Waals surface area contributed by atoms with Gasteiger partial charge < -0.3 is 14.5 Å². The van der Waals surface area contributed by atoms with Gasteiger partial charge in [0.1, 0.15) is 5.69 Å². The first-order chi connectivity index (χ1) is 15.1. The van der Waals surface area contributed by atoms with E-state index in [4.69, 9.17) is 4.74 Å². The summed E-state index contributed by atoms with van der Waals surface area (Å²) in [6.45, 7) is 6.95.